The highest BCUT2D eigenvalue weighted by Gasteiger charge is 2.53. The molecule has 102 valence electrons. The lowest BCUT2D eigenvalue weighted by Gasteiger charge is -2.49. The second-order valence-corrected chi connectivity index (χ2v) is 5.88. The van der Waals surface area contributed by atoms with E-state index in [1.54, 1.807) is 36.3 Å². The van der Waals surface area contributed by atoms with Gasteiger partial charge in [0.2, 0.25) is 5.91 Å². The zero-order valence-corrected chi connectivity index (χ0v) is 11.7. The Hall–Kier alpha value is -1.84. The molecule has 0 N–H and O–H groups in total. The van der Waals surface area contributed by atoms with Gasteiger partial charge in [-0.25, -0.2) is 0 Å². The molecule has 0 unspecified atom stereocenters. The molecule has 4 heteroatoms. The molecule has 2 atom stereocenters. The lowest BCUT2D eigenvalue weighted by molar-refractivity contribution is -0.138. The van der Waals surface area contributed by atoms with Gasteiger partial charge in [0.25, 0.3) is 0 Å². The summed E-state index contributed by atoms with van der Waals surface area (Å²) < 4.78 is 5.08. The summed E-state index contributed by atoms with van der Waals surface area (Å²) in [5, 5.41) is 0. The smallest absolute Gasteiger partial charge is 0.233 e. The van der Waals surface area contributed by atoms with Crippen LogP contribution in [-0.4, -0.2) is 25.3 Å². The largest absolute Gasteiger partial charge is 0.497 e. The number of aldehydes is 1. The maximum Gasteiger partial charge on any atom is 0.233 e. The first-order chi connectivity index (χ1) is 8.90. The Morgan fingerprint density at radius 3 is 2.21 bits per heavy atom. The van der Waals surface area contributed by atoms with E-state index >= 15 is 0 Å². The van der Waals surface area contributed by atoms with Crippen LogP contribution in [0.25, 0.3) is 0 Å². The molecule has 1 amide bonds. The fourth-order valence-electron chi connectivity index (χ4n) is 2.57. The zero-order chi connectivity index (χ0) is 14.2. The van der Waals surface area contributed by atoms with Crippen molar-refractivity contribution in [2.45, 2.75) is 26.8 Å². The molecule has 1 aliphatic rings. The van der Waals surface area contributed by atoms with Crippen molar-refractivity contribution in [1.82, 2.24) is 0 Å². The van der Waals surface area contributed by atoms with Gasteiger partial charge in [-0.05, 0) is 29.7 Å². The van der Waals surface area contributed by atoms with Crippen molar-refractivity contribution >= 4 is 17.9 Å². The number of methoxy groups -OCH3 is 1. The van der Waals surface area contributed by atoms with E-state index in [-0.39, 0.29) is 23.3 Å². The van der Waals surface area contributed by atoms with Crippen LogP contribution in [0, 0.1) is 11.3 Å². The molecule has 1 fully saturated rings. The van der Waals surface area contributed by atoms with Gasteiger partial charge in [-0.3, -0.25) is 4.79 Å². The SMILES string of the molecule is COc1ccc(N2C(=O)[C@@H](C(C)(C)C)[C@@H]2C=O)cc1. The Kier molecular flexibility index (Phi) is 3.35. The van der Waals surface area contributed by atoms with Gasteiger partial charge in [-0.15, -0.1) is 0 Å². The molecule has 19 heavy (non-hydrogen) atoms. The van der Waals surface area contributed by atoms with Crippen LogP contribution >= 0.6 is 0 Å². The molecule has 2 rings (SSSR count). The maximum atomic E-state index is 12.3. The standard InChI is InChI=1S/C15H19NO3/c1-15(2,3)13-12(9-17)16(14(13)18)10-5-7-11(19-4)8-6-10/h5-9,12-13H,1-4H3/t12-,13-/m0/s1. The number of amides is 1. The van der Waals surface area contributed by atoms with Gasteiger partial charge in [0.15, 0.2) is 0 Å². The van der Waals surface area contributed by atoms with Crippen LogP contribution in [0.2, 0.25) is 0 Å². The zero-order valence-electron chi connectivity index (χ0n) is 11.7. The minimum absolute atomic E-state index is 0.00904. The number of hydrogen-bond donors (Lipinski definition) is 0. The predicted molar refractivity (Wildman–Crippen MR) is 73.3 cm³/mol. The predicted octanol–water partition coefficient (Wildman–Crippen LogP) is 2.27. The van der Waals surface area contributed by atoms with Crippen molar-refractivity contribution in [3.05, 3.63) is 24.3 Å². The number of hydrogen-bond acceptors (Lipinski definition) is 3. The van der Waals surface area contributed by atoms with Gasteiger partial charge >= 0.3 is 0 Å². The van der Waals surface area contributed by atoms with E-state index in [2.05, 4.69) is 0 Å². The molecule has 1 heterocycles. The maximum absolute atomic E-state index is 12.3. The second-order valence-electron chi connectivity index (χ2n) is 5.88. The van der Waals surface area contributed by atoms with Crippen molar-refractivity contribution < 1.29 is 14.3 Å². The molecule has 0 spiro atoms. The van der Waals surface area contributed by atoms with Gasteiger partial charge in [0.1, 0.15) is 18.1 Å². The molecule has 0 saturated carbocycles. The first-order valence-electron chi connectivity index (χ1n) is 6.32. The van der Waals surface area contributed by atoms with E-state index in [1.807, 2.05) is 20.8 Å². The first kappa shape index (κ1) is 13.6. The second kappa shape index (κ2) is 4.68. The summed E-state index contributed by atoms with van der Waals surface area (Å²) in [4.78, 5) is 25.1. The molecule has 0 aromatic heterocycles. The van der Waals surface area contributed by atoms with Crippen LogP contribution in [0.15, 0.2) is 24.3 Å². The molecular weight excluding hydrogens is 242 g/mol. The molecule has 4 nitrogen and oxygen atoms in total. The van der Waals surface area contributed by atoms with Crippen LogP contribution in [0.3, 0.4) is 0 Å². The molecule has 1 saturated heterocycles. The van der Waals surface area contributed by atoms with Crippen molar-refractivity contribution in [3.63, 3.8) is 0 Å². The number of benzene rings is 1. The third-order valence-corrected chi connectivity index (χ3v) is 3.57. The number of β-lactam (4-membered cyclic amide) rings is 1. The average Bonchev–Trinajstić information content (AvgIpc) is 2.34. The summed E-state index contributed by atoms with van der Waals surface area (Å²) in [5.41, 5.74) is 0.537. The summed E-state index contributed by atoms with van der Waals surface area (Å²) >= 11 is 0. The summed E-state index contributed by atoms with van der Waals surface area (Å²) in [5.74, 6) is 0.494. The summed E-state index contributed by atoms with van der Waals surface area (Å²) in [6.45, 7) is 5.95. The van der Waals surface area contributed by atoms with Crippen molar-refractivity contribution in [2.24, 2.45) is 11.3 Å². The van der Waals surface area contributed by atoms with E-state index in [0.29, 0.717) is 0 Å². The number of ether oxygens (including phenoxy) is 1. The van der Waals surface area contributed by atoms with Crippen LogP contribution in [0.4, 0.5) is 5.69 Å². The number of rotatable bonds is 3. The first-order valence-corrected chi connectivity index (χ1v) is 6.32. The highest BCUT2D eigenvalue weighted by atomic mass is 16.5. The van der Waals surface area contributed by atoms with E-state index in [1.165, 1.54) is 0 Å². The highest BCUT2D eigenvalue weighted by Crippen LogP contribution is 2.42. The van der Waals surface area contributed by atoms with E-state index < -0.39 is 0 Å². The fourth-order valence-corrected chi connectivity index (χ4v) is 2.57. The van der Waals surface area contributed by atoms with Gasteiger partial charge in [-0.2, -0.15) is 0 Å². The van der Waals surface area contributed by atoms with Crippen LogP contribution < -0.4 is 9.64 Å². The Labute approximate surface area is 113 Å². The van der Waals surface area contributed by atoms with Crippen LogP contribution in [0.1, 0.15) is 20.8 Å². The lowest BCUT2D eigenvalue weighted by Crippen LogP contribution is -2.66. The lowest BCUT2D eigenvalue weighted by atomic mass is 9.70. The summed E-state index contributed by atoms with van der Waals surface area (Å²) in [7, 11) is 1.59. The van der Waals surface area contributed by atoms with Crippen LogP contribution in [0.5, 0.6) is 5.75 Å². The normalized spacial score (nSPS) is 22.9. The van der Waals surface area contributed by atoms with E-state index in [0.717, 1.165) is 17.7 Å². The average molecular weight is 261 g/mol. The van der Waals surface area contributed by atoms with Gasteiger partial charge in [0.05, 0.1) is 13.0 Å². The summed E-state index contributed by atoms with van der Waals surface area (Å²) in [6, 6.07) is 6.79. The van der Waals surface area contributed by atoms with Crippen molar-refractivity contribution in [2.75, 3.05) is 12.0 Å². The minimum Gasteiger partial charge on any atom is -0.497 e. The van der Waals surface area contributed by atoms with Gasteiger partial charge in [-0.1, -0.05) is 20.8 Å². The van der Waals surface area contributed by atoms with Crippen molar-refractivity contribution in [1.29, 1.82) is 0 Å². The molecule has 1 aromatic rings. The number of carbonyl (C=O) groups excluding carboxylic acids is 2. The number of carbonyl (C=O) groups is 2. The quantitative estimate of drug-likeness (QED) is 0.619. The molecule has 0 radical (unpaired) electrons. The molecular formula is C15H19NO3. The fraction of sp³-hybridized carbons (Fsp3) is 0.467. The third kappa shape index (κ3) is 2.23. The van der Waals surface area contributed by atoms with E-state index in [4.69, 9.17) is 4.74 Å². The molecule has 1 aromatic carbocycles. The monoisotopic (exact) mass is 261 g/mol. The Morgan fingerprint density at radius 1 is 1.21 bits per heavy atom. The van der Waals surface area contributed by atoms with Crippen LogP contribution in [-0.2, 0) is 9.59 Å². The molecule has 0 aliphatic carbocycles. The van der Waals surface area contributed by atoms with Gasteiger partial charge < -0.3 is 14.4 Å². The minimum atomic E-state index is -0.374. The topological polar surface area (TPSA) is 46.6 Å². The molecule has 0 bridgehead atoms. The van der Waals surface area contributed by atoms with Gasteiger partial charge in [0, 0.05) is 5.69 Å². The Balaban J connectivity index is 2.26. The third-order valence-electron chi connectivity index (χ3n) is 3.57. The van der Waals surface area contributed by atoms with Crippen molar-refractivity contribution in [3.8, 4) is 5.75 Å². The highest BCUT2D eigenvalue weighted by molar-refractivity contribution is 6.08. The molecule has 1 aliphatic heterocycles. The number of nitrogens with zero attached hydrogens (tertiary/aromatic N) is 1. The summed E-state index contributed by atoms with van der Waals surface area (Å²) in [6.07, 6.45) is 0.863. The Morgan fingerprint density at radius 2 is 1.79 bits per heavy atom. The van der Waals surface area contributed by atoms with E-state index in [9.17, 15) is 9.59 Å². The number of anilines is 1. The Bertz CT molecular complexity index is 487.